The minimum atomic E-state index is -0.374. The molecule has 0 aromatic heterocycles. The molecule has 1 atom stereocenters. The summed E-state index contributed by atoms with van der Waals surface area (Å²) in [6, 6.07) is 12.1. The lowest BCUT2D eigenvalue weighted by Crippen LogP contribution is -2.18. The zero-order valence-electron chi connectivity index (χ0n) is 10.6. The van der Waals surface area contributed by atoms with Crippen molar-refractivity contribution in [2.24, 2.45) is 5.73 Å². The highest BCUT2D eigenvalue weighted by Gasteiger charge is 2.12. The van der Waals surface area contributed by atoms with E-state index in [9.17, 15) is 4.39 Å². The Morgan fingerprint density at radius 3 is 2.53 bits per heavy atom. The van der Waals surface area contributed by atoms with Crippen LogP contribution in [0, 0.1) is 5.82 Å². The monoisotopic (exact) mass is 323 g/mol. The van der Waals surface area contributed by atoms with Crippen LogP contribution in [0.5, 0.6) is 11.5 Å². The highest BCUT2D eigenvalue weighted by atomic mass is 79.9. The zero-order chi connectivity index (χ0) is 13.8. The number of ether oxygens (including phenoxy) is 1. The first-order chi connectivity index (χ1) is 9.06. The maximum Gasteiger partial charge on any atom is 0.166 e. The number of nitrogens with two attached hydrogens (primary N) is 1. The molecule has 0 spiro atoms. The molecule has 0 amide bonds. The molecule has 2 aromatic carbocycles. The van der Waals surface area contributed by atoms with E-state index in [0.29, 0.717) is 12.2 Å². The van der Waals surface area contributed by atoms with Gasteiger partial charge in [0.15, 0.2) is 11.6 Å². The summed E-state index contributed by atoms with van der Waals surface area (Å²) in [4.78, 5) is 0. The molecule has 0 aliphatic rings. The summed E-state index contributed by atoms with van der Waals surface area (Å²) >= 11 is 3.35. The Kier molecular flexibility index (Phi) is 4.56. The minimum Gasteiger partial charge on any atom is -0.454 e. The third-order valence-corrected chi connectivity index (χ3v) is 3.15. The second kappa shape index (κ2) is 6.17. The Balaban J connectivity index is 2.30. The summed E-state index contributed by atoms with van der Waals surface area (Å²) in [6.45, 7) is 1.88. The van der Waals surface area contributed by atoms with Crippen LogP contribution in [-0.2, 0) is 6.42 Å². The van der Waals surface area contributed by atoms with Crippen molar-refractivity contribution < 1.29 is 9.13 Å². The minimum absolute atomic E-state index is 0.0472. The van der Waals surface area contributed by atoms with E-state index in [1.807, 2.05) is 25.1 Å². The summed E-state index contributed by atoms with van der Waals surface area (Å²) in [7, 11) is 0. The molecule has 4 heteroatoms. The number of rotatable bonds is 4. The van der Waals surface area contributed by atoms with Gasteiger partial charge in [-0.3, -0.25) is 0 Å². The van der Waals surface area contributed by atoms with Crippen molar-refractivity contribution in [3.05, 3.63) is 58.3 Å². The normalized spacial score (nSPS) is 12.2. The molecule has 19 heavy (non-hydrogen) atoms. The molecule has 0 aliphatic heterocycles. The molecular weight excluding hydrogens is 309 g/mol. The van der Waals surface area contributed by atoms with Crippen LogP contribution in [0.2, 0.25) is 0 Å². The average molecular weight is 324 g/mol. The van der Waals surface area contributed by atoms with Crippen molar-refractivity contribution >= 4 is 15.9 Å². The summed E-state index contributed by atoms with van der Waals surface area (Å²) in [5.41, 5.74) is 6.55. The van der Waals surface area contributed by atoms with E-state index in [0.717, 1.165) is 10.0 Å². The van der Waals surface area contributed by atoms with Crippen LogP contribution in [0.1, 0.15) is 12.5 Å². The fraction of sp³-hybridized carbons (Fsp3) is 0.200. The highest BCUT2D eigenvalue weighted by molar-refractivity contribution is 9.10. The van der Waals surface area contributed by atoms with E-state index in [-0.39, 0.29) is 17.6 Å². The first kappa shape index (κ1) is 14.0. The first-order valence-corrected chi connectivity index (χ1v) is 6.82. The summed E-state index contributed by atoms with van der Waals surface area (Å²) in [6.07, 6.45) is 0.573. The third kappa shape index (κ3) is 3.78. The van der Waals surface area contributed by atoms with Crippen molar-refractivity contribution in [2.45, 2.75) is 19.4 Å². The van der Waals surface area contributed by atoms with Gasteiger partial charge in [0.25, 0.3) is 0 Å². The standard InChI is InChI=1S/C15H15BrFNO/c1-10(18)9-11-3-2-4-14(17)15(11)19-13-7-5-12(16)6-8-13/h2-8,10H,9,18H2,1H3. The van der Waals surface area contributed by atoms with Gasteiger partial charge in [0, 0.05) is 10.5 Å². The molecule has 2 aromatic rings. The number of benzene rings is 2. The molecular formula is C15H15BrFNO. The van der Waals surface area contributed by atoms with Gasteiger partial charge in [0.1, 0.15) is 5.75 Å². The zero-order valence-corrected chi connectivity index (χ0v) is 12.2. The van der Waals surface area contributed by atoms with Crippen molar-refractivity contribution in [3.8, 4) is 11.5 Å². The lowest BCUT2D eigenvalue weighted by molar-refractivity contribution is 0.434. The van der Waals surface area contributed by atoms with E-state index < -0.39 is 0 Å². The van der Waals surface area contributed by atoms with E-state index in [4.69, 9.17) is 10.5 Å². The fourth-order valence-electron chi connectivity index (χ4n) is 1.80. The molecule has 2 N–H and O–H groups in total. The lowest BCUT2D eigenvalue weighted by Gasteiger charge is -2.13. The van der Waals surface area contributed by atoms with Gasteiger partial charge in [-0.1, -0.05) is 28.1 Å². The molecule has 0 aliphatic carbocycles. The van der Waals surface area contributed by atoms with Gasteiger partial charge in [-0.25, -0.2) is 4.39 Å². The summed E-state index contributed by atoms with van der Waals surface area (Å²) in [5.74, 6) is 0.474. The number of hydrogen-bond acceptors (Lipinski definition) is 2. The number of para-hydroxylation sites is 1. The van der Waals surface area contributed by atoms with Crippen LogP contribution in [-0.4, -0.2) is 6.04 Å². The van der Waals surface area contributed by atoms with Crippen LogP contribution < -0.4 is 10.5 Å². The Bertz CT molecular complexity index is 555. The van der Waals surface area contributed by atoms with Crippen LogP contribution in [0.4, 0.5) is 4.39 Å². The van der Waals surface area contributed by atoms with E-state index in [2.05, 4.69) is 15.9 Å². The SMILES string of the molecule is CC(N)Cc1cccc(F)c1Oc1ccc(Br)cc1. The Hall–Kier alpha value is -1.39. The van der Waals surface area contributed by atoms with Gasteiger partial charge in [-0.05, 0) is 49.2 Å². The summed E-state index contributed by atoms with van der Waals surface area (Å²) in [5, 5.41) is 0. The maximum atomic E-state index is 13.9. The molecule has 0 heterocycles. The van der Waals surface area contributed by atoms with Crippen LogP contribution in [0.3, 0.4) is 0 Å². The Morgan fingerprint density at radius 2 is 1.89 bits per heavy atom. The predicted molar refractivity (Wildman–Crippen MR) is 78.0 cm³/mol. The van der Waals surface area contributed by atoms with Gasteiger partial charge < -0.3 is 10.5 Å². The van der Waals surface area contributed by atoms with Crippen LogP contribution in [0.15, 0.2) is 46.9 Å². The van der Waals surface area contributed by atoms with Crippen molar-refractivity contribution in [1.82, 2.24) is 0 Å². The largest absolute Gasteiger partial charge is 0.454 e. The molecule has 0 saturated heterocycles. The molecule has 0 bridgehead atoms. The average Bonchev–Trinajstić information content (AvgIpc) is 2.35. The van der Waals surface area contributed by atoms with Gasteiger partial charge >= 0.3 is 0 Å². The number of halogens is 2. The second-order valence-electron chi connectivity index (χ2n) is 4.47. The third-order valence-electron chi connectivity index (χ3n) is 2.62. The Labute approximate surface area is 120 Å². The molecule has 2 rings (SSSR count). The van der Waals surface area contributed by atoms with Crippen molar-refractivity contribution in [3.63, 3.8) is 0 Å². The quantitative estimate of drug-likeness (QED) is 0.911. The van der Waals surface area contributed by atoms with E-state index in [1.54, 1.807) is 18.2 Å². The fourth-order valence-corrected chi connectivity index (χ4v) is 2.06. The predicted octanol–water partition coefficient (Wildman–Crippen LogP) is 4.27. The Morgan fingerprint density at radius 1 is 1.21 bits per heavy atom. The molecule has 100 valence electrons. The first-order valence-electron chi connectivity index (χ1n) is 6.02. The topological polar surface area (TPSA) is 35.2 Å². The van der Waals surface area contributed by atoms with Crippen molar-refractivity contribution in [2.75, 3.05) is 0 Å². The summed E-state index contributed by atoms with van der Waals surface area (Å²) < 4.78 is 20.5. The van der Waals surface area contributed by atoms with Gasteiger partial charge in [-0.2, -0.15) is 0 Å². The highest BCUT2D eigenvalue weighted by Crippen LogP contribution is 2.29. The second-order valence-corrected chi connectivity index (χ2v) is 5.38. The lowest BCUT2D eigenvalue weighted by atomic mass is 10.1. The molecule has 1 unspecified atom stereocenters. The maximum absolute atomic E-state index is 13.9. The van der Waals surface area contributed by atoms with Crippen LogP contribution in [0.25, 0.3) is 0 Å². The van der Waals surface area contributed by atoms with Gasteiger partial charge in [0.2, 0.25) is 0 Å². The van der Waals surface area contributed by atoms with E-state index in [1.165, 1.54) is 6.07 Å². The van der Waals surface area contributed by atoms with Crippen LogP contribution >= 0.6 is 15.9 Å². The van der Waals surface area contributed by atoms with Gasteiger partial charge in [0.05, 0.1) is 0 Å². The van der Waals surface area contributed by atoms with Crippen molar-refractivity contribution in [1.29, 1.82) is 0 Å². The van der Waals surface area contributed by atoms with Gasteiger partial charge in [-0.15, -0.1) is 0 Å². The number of hydrogen-bond donors (Lipinski definition) is 1. The molecule has 2 nitrogen and oxygen atoms in total. The van der Waals surface area contributed by atoms with E-state index >= 15 is 0 Å². The molecule has 0 fully saturated rings. The smallest absolute Gasteiger partial charge is 0.166 e. The molecule has 0 radical (unpaired) electrons. The molecule has 0 saturated carbocycles.